The Morgan fingerprint density at radius 1 is 0.650 bits per heavy atom. The zero-order chi connectivity index (χ0) is 14.9. The van der Waals surface area contributed by atoms with Crippen LogP contribution in [0.4, 0.5) is 0 Å². The van der Waals surface area contributed by atoms with E-state index in [4.69, 9.17) is 10.2 Å². The second-order valence-electron chi connectivity index (χ2n) is 5.85. The van der Waals surface area contributed by atoms with Crippen molar-refractivity contribution in [2.75, 3.05) is 0 Å². The molecule has 0 aromatic heterocycles. The summed E-state index contributed by atoms with van der Waals surface area (Å²) in [5.74, 6) is 0. The highest BCUT2D eigenvalue weighted by Gasteiger charge is 1.96. The molecule has 0 aromatic carbocycles. The molecule has 0 amide bonds. The molecule has 120 valence electrons. The number of hydrogen-bond acceptors (Lipinski definition) is 2. The maximum absolute atomic E-state index is 8.70. The Kier molecular flexibility index (Phi) is 16.4. The number of unbranched alkanes of at least 4 members (excludes halogenated alkanes) is 11. The third-order valence-electron chi connectivity index (χ3n) is 3.72. The van der Waals surface area contributed by atoms with Crippen LogP contribution in [0.3, 0.4) is 0 Å². The zero-order valence-corrected chi connectivity index (χ0v) is 13.5. The van der Waals surface area contributed by atoms with Gasteiger partial charge in [0.05, 0.1) is 0 Å². The quantitative estimate of drug-likeness (QED) is 0.242. The third kappa shape index (κ3) is 17.7. The van der Waals surface area contributed by atoms with Gasteiger partial charge in [-0.1, -0.05) is 70.4 Å². The molecule has 0 fully saturated rings. The molecule has 0 aliphatic carbocycles. The van der Waals surface area contributed by atoms with E-state index in [0.29, 0.717) is 6.42 Å². The van der Waals surface area contributed by atoms with Crippen molar-refractivity contribution in [1.82, 2.24) is 0 Å². The summed E-state index contributed by atoms with van der Waals surface area (Å²) in [6.45, 7) is 2.26. The molecule has 0 aliphatic rings. The highest BCUT2D eigenvalue weighted by atomic mass is 16.5. The van der Waals surface area contributed by atoms with Crippen LogP contribution < -0.4 is 0 Å². The SMILES string of the molecule is CCCCCCCC/C=C\CCCCCCCC(O)O. The highest BCUT2D eigenvalue weighted by molar-refractivity contribution is 4.81. The van der Waals surface area contributed by atoms with E-state index in [1.807, 2.05) is 0 Å². The first kappa shape index (κ1) is 19.7. The number of rotatable bonds is 15. The van der Waals surface area contributed by atoms with E-state index < -0.39 is 6.29 Å². The monoisotopic (exact) mass is 284 g/mol. The number of aliphatic hydroxyl groups excluding tert-OH is 1. The lowest BCUT2D eigenvalue weighted by molar-refractivity contribution is -0.0466. The Bertz CT molecular complexity index is 200. The van der Waals surface area contributed by atoms with E-state index in [2.05, 4.69) is 19.1 Å². The molecular formula is C18H36O2. The van der Waals surface area contributed by atoms with Crippen molar-refractivity contribution >= 4 is 0 Å². The van der Waals surface area contributed by atoms with Gasteiger partial charge in [-0.05, 0) is 38.5 Å². The van der Waals surface area contributed by atoms with Crippen LogP contribution in [0.25, 0.3) is 0 Å². The van der Waals surface area contributed by atoms with Crippen molar-refractivity contribution in [1.29, 1.82) is 0 Å². The summed E-state index contributed by atoms with van der Waals surface area (Å²) in [7, 11) is 0. The Hall–Kier alpha value is -0.340. The summed E-state index contributed by atoms with van der Waals surface area (Å²) in [6.07, 6.45) is 20.7. The van der Waals surface area contributed by atoms with E-state index in [0.717, 1.165) is 12.8 Å². The number of allylic oxidation sites excluding steroid dienone is 2. The van der Waals surface area contributed by atoms with Crippen LogP contribution in [-0.4, -0.2) is 16.5 Å². The van der Waals surface area contributed by atoms with Crippen molar-refractivity contribution in [3.8, 4) is 0 Å². The summed E-state index contributed by atoms with van der Waals surface area (Å²) in [5, 5.41) is 17.4. The molecule has 0 rings (SSSR count). The summed E-state index contributed by atoms with van der Waals surface area (Å²) in [5.41, 5.74) is 0. The minimum Gasteiger partial charge on any atom is -0.368 e. The molecule has 0 aliphatic heterocycles. The summed E-state index contributed by atoms with van der Waals surface area (Å²) < 4.78 is 0. The largest absolute Gasteiger partial charge is 0.368 e. The lowest BCUT2D eigenvalue weighted by Gasteiger charge is -2.02. The first-order valence-electron chi connectivity index (χ1n) is 8.78. The Morgan fingerprint density at radius 2 is 1.10 bits per heavy atom. The first-order chi connectivity index (χ1) is 9.77. The van der Waals surface area contributed by atoms with Crippen LogP contribution in [0.2, 0.25) is 0 Å². The molecule has 2 heteroatoms. The van der Waals surface area contributed by atoms with Gasteiger partial charge in [0.1, 0.15) is 0 Å². The molecule has 0 radical (unpaired) electrons. The van der Waals surface area contributed by atoms with E-state index >= 15 is 0 Å². The Labute approximate surface area is 126 Å². The Morgan fingerprint density at radius 3 is 1.60 bits per heavy atom. The topological polar surface area (TPSA) is 40.5 Å². The van der Waals surface area contributed by atoms with Gasteiger partial charge in [-0.15, -0.1) is 0 Å². The van der Waals surface area contributed by atoms with Crippen molar-refractivity contribution in [3.05, 3.63) is 12.2 Å². The predicted octanol–water partition coefficient (Wildman–Crippen LogP) is 5.33. The van der Waals surface area contributed by atoms with Crippen LogP contribution in [0.1, 0.15) is 96.8 Å². The van der Waals surface area contributed by atoms with Crippen molar-refractivity contribution in [3.63, 3.8) is 0 Å². The lowest BCUT2D eigenvalue weighted by atomic mass is 10.1. The van der Waals surface area contributed by atoms with E-state index in [9.17, 15) is 0 Å². The van der Waals surface area contributed by atoms with Crippen molar-refractivity contribution in [2.24, 2.45) is 0 Å². The maximum atomic E-state index is 8.70. The molecule has 0 saturated heterocycles. The maximum Gasteiger partial charge on any atom is 0.151 e. The van der Waals surface area contributed by atoms with Gasteiger partial charge in [0.2, 0.25) is 0 Å². The standard InChI is InChI=1S/C18H36O2/c1-2-3-4-5-6-7-8-9-10-11-12-13-14-15-16-17-18(19)20/h9-10,18-20H,2-8,11-17H2,1H3/b10-9-. The van der Waals surface area contributed by atoms with Gasteiger partial charge in [-0.25, -0.2) is 0 Å². The van der Waals surface area contributed by atoms with Crippen molar-refractivity contribution in [2.45, 2.75) is 103 Å². The third-order valence-corrected chi connectivity index (χ3v) is 3.72. The zero-order valence-electron chi connectivity index (χ0n) is 13.5. The van der Waals surface area contributed by atoms with Crippen LogP contribution in [0.15, 0.2) is 12.2 Å². The van der Waals surface area contributed by atoms with Gasteiger partial charge in [0, 0.05) is 0 Å². The number of aliphatic hydroxyl groups is 2. The average Bonchev–Trinajstić information content (AvgIpc) is 2.43. The van der Waals surface area contributed by atoms with Crippen LogP contribution in [0.5, 0.6) is 0 Å². The fraction of sp³-hybridized carbons (Fsp3) is 0.889. The fourth-order valence-electron chi connectivity index (χ4n) is 2.40. The van der Waals surface area contributed by atoms with E-state index in [1.165, 1.54) is 70.6 Å². The van der Waals surface area contributed by atoms with E-state index in [1.54, 1.807) is 0 Å². The molecule has 0 heterocycles. The molecule has 2 N–H and O–H groups in total. The molecule has 0 saturated carbocycles. The molecule has 20 heavy (non-hydrogen) atoms. The van der Waals surface area contributed by atoms with Crippen LogP contribution in [-0.2, 0) is 0 Å². The average molecular weight is 284 g/mol. The van der Waals surface area contributed by atoms with Gasteiger partial charge in [-0.2, -0.15) is 0 Å². The Balaban J connectivity index is 3.05. The van der Waals surface area contributed by atoms with Gasteiger partial charge >= 0.3 is 0 Å². The summed E-state index contributed by atoms with van der Waals surface area (Å²) >= 11 is 0. The molecule has 0 aromatic rings. The molecule has 0 unspecified atom stereocenters. The molecule has 2 nitrogen and oxygen atoms in total. The smallest absolute Gasteiger partial charge is 0.151 e. The van der Waals surface area contributed by atoms with Gasteiger partial charge in [-0.3, -0.25) is 0 Å². The van der Waals surface area contributed by atoms with Gasteiger partial charge in [0.25, 0.3) is 0 Å². The van der Waals surface area contributed by atoms with Gasteiger partial charge in [0.15, 0.2) is 6.29 Å². The molecule has 0 atom stereocenters. The molecule has 0 spiro atoms. The minimum atomic E-state index is -1.11. The normalized spacial score (nSPS) is 11.8. The number of hydrogen-bond donors (Lipinski definition) is 2. The predicted molar refractivity (Wildman–Crippen MR) is 87.7 cm³/mol. The van der Waals surface area contributed by atoms with Crippen LogP contribution in [0, 0.1) is 0 Å². The highest BCUT2D eigenvalue weighted by Crippen LogP contribution is 2.10. The van der Waals surface area contributed by atoms with Gasteiger partial charge < -0.3 is 10.2 Å². The van der Waals surface area contributed by atoms with E-state index in [-0.39, 0.29) is 0 Å². The minimum absolute atomic E-state index is 0.526. The second kappa shape index (κ2) is 16.7. The summed E-state index contributed by atoms with van der Waals surface area (Å²) in [4.78, 5) is 0. The van der Waals surface area contributed by atoms with Crippen LogP contribution >= 0.6 is 0 Å². The second-order valence-corrected chi connectivity index (χ2v) is 5.85. The lowest BCUT2D eigenvalue weighted by Crippen LogP contribution is -2.02. The molecule has 0 bridgehead atoms. The fourth-order valence-corrected chi connectivity index (χ4v) is 2.40. The van der Waals surface area contributed by atoms with Crippen molar-refractivity contribution < 1.29 is 10.2 Å². The summed E-state index contributed by atoms with van der Waals surface area (Å²) in [6, 6.07) is 0. The first-order valence-corrected chi connectivity index (χ1v) is 8.78. The molecular weight excluding hydrogens is 248 g/mol.